The Morgan fingerprint density at radius 2 is 1.77 bits per heavy atom. The van der Waals surface area contributed by atoms with Gasteiger partial charge in [-0.1, -0.05) is 17.7 Å². The molecule has 74 valence electrons. The van der Waals surface area contributed by atoms with Crippen molar-refractivity contribution in [3.63, 3.8) is 0 Å². The van der Waals surface area contributed by atoms with Crippen LogP contribution in [0.2, 0.25) is 0 Å². The minimum absolute atomic E-state index is 0.145. The van der Waals surface area contributed by atoms with E-state index >= 15 is 0 Å². The van der Waals surface area contributed by atoms with E-state index in [1.807, 2.05) is 39.8 Å². The number of carbonyl (C=O) groups is 1. The molecule has 0 bridgehead atoms. The molecule has 0 saturated heterocycles. The van der Waals surface area contributed by atoms with Crippen LogP contribution in [0.4, 0.5) is 0 Å². The smallest absolute Gasteiger partial charge is 0.230 e. The topological polar surface area (TPSA) is 20.3 Å². The van der Waals surface area contributed by atoms with Crippen molar-refractivity contribution >= 4 is 5.91 Å². The van der Waals surface area contributed by atoms with Gasteiger partial charge in [-0.05, 0) is 27.7 Å². The number of nitrogens with zero attached hydrogens (tertiary/aromatic N) is 1. The van der Waals surface area contributed by atoms with Gasteiger partial charge in [-0.2, -0.15) is 0 Å². The summed E-state index contributed by atoms with van der Waals surface area (Å²) in [6.45, 7) is 7.78. The van der Waals surface area contributed by atoms with E-state index in [9.17, 15) is 4.79 Å². The maximum atomic E-state index is 11.6. The first kappa shape index (κ1) is 11.9. The molecule has 0 fully saturated rings. The van der Waals surface area contributed by atoms with Crippen LogP contribution in [0, 0.1) is 0 Å². The van der Waals surface area contributed by atoms with Crippen molar-refractivity contribution in [2.45, 2.75) is 34.1 Å². The molecule has 0 aliphatic heterocycles. The van der Waals surface area contributed by atoms with E-state index < -0.39 is 0 Å². The summed E-state index contributed by atoms with van der Waals surface area (Å²) in [5.74, 6) is 0.145. The zero-order valence-electron chi connectivity index (χ0n) is 9.22. The van der Waals surface area contributed by atoms with Gasteiger partial charge in [0.15, 0.2) is 0 Å². The lowest BCUT2D eigenvalue weighted by atomic mass is 10.2. The summed E-state index contributed by atoms with van der Waals surface area (Å²) in [4.78, 5) is 13.2. The van der Waals surface area contributed by atoms with Crippen LogP contribution < -0.4 is 0 Å². The van der Waals surface area contributed by atoms with E-state index in [1.165, 1.54) is 0 Å². The maximum Gasteiger partial charge on any atom is 0.230 e. The Bertz CT molecular complexity index is 238. The molecule has 2 heteroatoms. The van der Waals surface area contributed by atoms with Crippen LogP contribution in [0.5, 0.6) is 0 Å². The Labute approximate surface area is 80.9 Å². The summed E-state index contributed by atoms with van der Waals surface area (Å²) in [5.41, 5.74) is 2.11. The predicted molar refractivity (Wildman–Crippen MR) is 56.2 cm³/mol. The van der Waals surface area contributed by atoms with Crippen LogP contribution in [0.25, 0.3) is 0 Å². The van der Waals surface area contributed by atoms with Gasteiger partial charge in [0.1, 0.15) is 0 Å². The predicted octanol–water partition coefficient (Wildman–Crippen LogP) is 2.72. The number of allylic oxidation sites excluding steroid dienone is 3. The Balaban J connectivity index is 4.28. The highest BCUT2D eigenvalue weighted by molar-refractivity contribution is 5.79. The number of carbonyl (C=O) groups excluding carboxylic acids is 1. The van der Waals surface area contributed by atoms with Crippen LogP contribution in [0.15, 0.2) is 23.4 Å². The van der Waals surface area contributed by atoms with Crippen LogP contribution in [-0.4, -0.2) is 17.9 Å². The van der Waals surface area contributed by atoms with Gasteiger partial charge in [-0.3, -0.25) is 4.79 Å². The maximum absolute atomic E-state index is 11.6. The molecule has 0 aromatic heterocycles. The molecule has 0 atom stereocenters. The molecule has 0 aromatic carbocycles. The standard InChI is InChI=1S/C11H19NO/c1-6-9(3)8-11(13)12(5)10(4)7-2/h6-7H,8H2,1-5H3/b9-6+,10-7+. The van der Waals surface area contributed by atoms with Crippen LogP contribution in [-0.2, 0) is 4.79 Å². The fraction of sp³-hybridized carbons (Fsp3) is 0.545. The molecule has 0 radical (unpaired) electrons. The SMILES string of the molecule is C/C=C(\C)CC(=O)N(C)/C(C)=C/C. The Morgan fingerprint density at radius 1 is 1.23 bits per heavy atom. The van der Waals surface area contributed by atoms with Crippen LogP contribution in [0.3, 0.4) is 0 Å². The van der Waals surface area contributed by atoms with Gasteiger partial charge in [-0.25, -0.2) is 0 Å². The molecule has 0 unspecified atom stereocenters. The first-order valence-corrected chi connectivity index (χ1v) is 4.54. The number of amides is 1. The molecule has 0 N–H and O–H groups in total. The van der Waals surface area contributed by atoms with Crippen molar-refractivity contribution in [2.24, 2.45) is 0 Å². The van der Waals surface area contributed by atoms with Crippen molar-refractivity contribution in [2.75, 3.05) is 7.05 Å². The lowest BCUT2D eigenvalue weighted by Gasteiger charge is -2.17. The monoisotopic (exact) mass is 181 g/mol. The molecule has 0 aliphatic rings. The summed E-state index contributed by atoms with van der Waals surface area (Å²) in [6, 6.07) is 0. The number of rotatable bonds is 3. The molecule has 0 spiro atoms. The third-order valence-corrected chi connectivity index (χ3v) is 2.24. The molecule has 2 nitrogen and oxygen atoms in total. The normalized spacial score (nSPS) is 13.0. The first-order valence-electron chi connectivity index (χ1n) is 4.54. The molecule has 0 aliphatic carbocycles. The van der Waals surface area contributed by atoms with Gasteiger partial charge in [0.25, 0.3) is 0 Å². The average molecular weight is 181 g/mol. The molecule has 1 amide bonds. The highest BCUT2D eigenvalue weighted by Crippen LogP contribution is 2.07. The average Bonchev–Trinajstić information content (AvgIpc) is 2.14. The van der Waals surface area contributed by atoms with Crippen molar-refractivity contribution in [3.8, 4) is 0 Å². The van der Waals surface area contributed by atoms with E-state index in [4.69, 9.17) is 0 Å². The van der Waals surface area contributed by atoms with Crippen molar-refractivity contribution in [3.05, 3.63) is 23.4 Å². The lowest BCUT2D eigenvalue weighted by molar-refractivity contribution is -0.127. The number of hydrogen-bond acceptors (Lipinski definition) is 1. The molecule has 13 heavy (non-hydrogen) atoms. The fourth-order valence-corrected chi connectivity index (χ4v) is 0.850. The molecule has 0 saturated carbocycles. The number of hydrogen-bond donors (Lipinski definition) is 0. The first-order chi connectivity index (χ1) is 6.02. The molecular weight excluding hydrogens is 162 g/mol. The summed E-state index contributed by atoms with van der Waals surface area (Å²) < 4.78 is 0. The van der Waals surface area contributed by atoms with Crippen molar-refractivity contribution < 1.29 is 4.79 Å². The van der Waals surface area contributed by atoms with Gasteiger partial charge in [0.05, 0.1) is 0 Å². The van der Waals surface area contributed by atoms with Gasteiger partial charge in [0.2, 0.25) is 5.91 Å². The Morgan fingerprint density at radius 3 is 2.15 bits per heavy atom. The van der Waals surface area contributed by atoms with Gasteiger partial charge >= 0.3 is 0 Å². The molecule has 0 aromatic rings. The van der Waals surface area contributed by atoms with Gasteiger partial charge in [0, 0.05) is 19.2 Å². The second-order valence-electron chi connectivity index (χ2n) is 3.19. The van der Waals surface area contributed by atoms with Gasteiger partial charge in [-0.15, -0.1) is 0 Å². The summed E-state index contributed by atoms with van der Waals surface area (Å²) in [5, 5.41) is 0. The van der Waals surface area contributed by atoms with Crippen molar-refractivity contribution in [1.29, 1.82) is 0 Å². The third-order valence-electron chi connectivity index (χ3n) is 2.24. The second kappa shape index (κ2) is 5.57. The zero-order valence-corrected chi connectivity index (χ0v) is 9.22. The molecule has 0 heterocycles. The minimum Gasteiger partial charge on any atom is -0.320 e. The van der Waals surface area contributed by atoms with E-state index in [0.29, 0.717) is 6.42 Å². The summed E-state index contributed by atoms with van der Waals surface area (Å²) >= 11 is 0. The lowest BCUT2D eigenvalue weighted by Crippen LogP contribution is -2.24. The van der Waals surface area contributed by atoms with Gasteiger partial charge < -0.3 is 4.90 Å². The highest BCUT2D eigenvalue weighted by atomic mass is 16.2. The molecular formula is C11H19NO. The quantitative estimate of drug-likeness (QED) is 0.613. The minimum atomic E-state index is 0.145. The largest absolute Gasteiger partial charge is 0.320 e. The Kier molecular flexibility index (Phi) is 5.12. The highest BCUT2D eigenvalue weighted by Gasteiger charge is 2.09. The fourth-order valence-electron chi connectivity index (χ4n) is 0.850. The van der Waals surface area contributed by atoms with Crippen molar-refractivity contribution in [1.82, 2.24) is 4.90 Å². The van der Waals surface area contributed by atoms with E-state index in [2.05, 4.69) is 0 Å². The van der Waals surface area contributed by atoms with Crippen LogP contribution >= 0.6 is 0 Å². The Hall–Kier alpha value is -1.05. The summed E-state index contributed by atoms with van der Waals surface area (Å²) in [6.07, 6.45) is 4.41. The summed E-state index contributed by atoms with van der Waals surface area (Å²) in [7, 11) is 1.81. The van der Waals surface area contributed by atoms with Crippen LogP contribution in [0.1, 0.15) is 34.1 Å². The van der Waals surface area contributed by atoms with E-state index in [-0.39, 0.29) is 5.91 Å². The molecule has 0 rings (SSSR count). The third kappa shape index (κ3) is 3.92. The van der Waals surface area contributed by atoms with E-state index in [1.54, 1.807) is 11.9 Å². The zero-order chi connectivity index (χ0) is 10.4. The second-order valence-corrected chi connectivity index (χ2v) is 3.19. The van der Waals surface area contributed by atoms with E-state index in [0.717, 1.165) is 11.3 Å².